The van der Waals surface area contributed by atoms with Crippen LogP contribution in [0, 0.1) is 0 Å². The van der Waals surface area contributed by atoms with Gasteiger partial charge < -0.3 is 14.8 Å². The van der Waals surface area contributed by atoms with Gasteiger partial charge in [-0.05, 0) is 39.8 Å². The molecule has 3 nitrogen and oxygen atoms in total. The van der Waals surface area contributed by atoms with Crippen LogP contribution in [0.25, 0.3) is 0 Å². The summed E-state index contributed by atoms with van der Waals surface area (Å²) in [5.74, 6) is 0.674. The standard InChI is InChI=1S/C15H23Cl2NO2/c1-5-19-6-7-20-14-11(10-18-15(2,3)4)8-12(16)9-13(14)17/h8-9,18H,5-7,10H2,1-4H3. The van der Waals surface area contributed by atoms with Crippen LogP contribution >= 0.6 is 23.2 Å². The van der Waals surface area contributed by atoms with E-state index in [-0.39, 0.29) is 5.54 Å². The summed E-state index contributed by atoms with van der Waals surface area (Å²) < 4.78 is 11.0. The number of hydrogen-bond donors (Lipinski definition) is 1. The maximum Gasteiger partial charge on any atom is 0.142 e. The normalized spacial score (nSPS) is 11.7. The quantitative estimate of drug-likeness (QED) is 0.760. The van der Waals surface area contributed by atoms with Gasteiger partial charge in [0.05, 0.1) is 11.6 Å². The molecule has 114 valence electrons. The Balaban J connectivity index is 2.79. The Bertz CT molecular complexity index is 431. The van der Waals surface area contributed by atoms with Gasteiger partial charge >= 0.3 is 0 Å². The monoisotopic (exact) mass is 319 g/mol. The van der Waals surface area contributed by atoms with Gasteiger partial charge in [0.25, 0.3) is 0 Å². The largest absolute Gasteiger partial charge is 0.489 e. The number of rotatable bonds is 7. The molecule has 0 atom stereocenters. The van der Waals surface area contributed by atoms with E-state index in [0.29, 0.717) is 42.2 Å². The summed E-state index contributed by atoms with van der Waals surface area (Å²) in [4.78, 5) is 0. The highest BCUT2D eigenvalue weighted by molar-refractivity contribution is 6.35. The third kappa shape index (κ3) is 6.31. The second kappa shape index (κ2) is 8.08. The molecular formula is C15H23Cl2NO2. The van der Waals surface area contributed by atoms with Crippen molar-refractivity contribution in [1.29, 1.82) is 0 Å². The molecule has 0 saturated carbocycles. The molecule has 1 rings (SSSR count). The maximum absolute atomic E-state index is 6.22. The Labute approximate surface area is 131 Å². The lowest BCUT2D eigenvalue weighted by atomic mass is 10.1. The topological polar surface area (TPSA) is 30.5 Å². The summed E-state index contributed by atoms with van der Waals surface area (Å²) >= 11 is 12.3. The lowest BCUT2D eigenvalue weighted by molar-refractivity contribution is 0.110. The fourth-order valence-electron chi connectivity index (χ4n) is 1.61. The zero-order chi connectivity index (χ0) is 15.2. The van der Waals surface area contributed by atoms with Crippen LogP contribution in [-0.4, -0.2) is 25.4 Å². The summed E-state index contributed by atoms with van der Waals surface area (Å²) in [5, 5.41) is 4.54. The first-order chi connectivity index (χ1) is 9.33. The maximum atomic E-state index is 6.22. The van der Waals surface area contributed by atoms with E-state index in [0.717, 1.165) is 5.56 Å². The Hall–Kier alpha value is -0.480. The van der Waals surface area contributed by atoms with E-state index in [2.05, 4.69) is 26.1 Å². The van der Waals surface area contributed by atoms with Crippen LogP contribution in [0.15, 0.2) is 12.1 Å². The summed E-state index contributed by atoms with van der Waals surface area (Å²) in [5.41, 5.74) is 0.964. The first-order valence-corrected chi connectivity index (χ1v) is 7.52. The lowest BCUT2D eigenvalue weighted by Gasteiger charge is -2.22. The van der Waals surface area contributed by atoms with Gasteiger partial charge in [-0.25, -0.2) is 0 Å². The van der Waals surface area contributed by atoms with E-state index in [1.54, 1.807) is 6.07 Å². The second-order valence-electron chi connectivity index (χ2n) is 5.52. The highest BCUT2D eigenvalue weighted by Crippen LogP contribution is 2.32. The van der Waals surface area contributed by atoms with Crippen LogP contribution in [0.5, 0.6) is 5.75 Å². The molecule has 5 heteroatoms. The van der Waals surface area contributed by atoms with Crippen LogP contribution < -0.4 is 10.1 Å². The predicted octanol–water partition coefficient (Wildman–Crippen LogP) is 4.30. The van der Waals surface area contributed by atoms with Crippen molar-refractivity contribution in [3.8, 4) is 5.75 Å². The summed E-state index contributed by atoms with van der Waals surface area (Å²) in [6, 6.07) is 3.57. The van der Waals surface area contributed by atoms with Crippen molar-refractivity contribution < 1.29 is 9.47 Å². The minimum absolute atomic E-state index is 0.0113. The molecule has 0 aliphatic rings. The van der Waals surface area contributed by atoms with Crippen molar-refractivity contribution in [2.24, 2.45) is 0 Å². The molecule has 0 heterocycles. The summed E-state index contributed by atoms with van der Waals surface area (Å²) in [6.07, 6.45) is 0. The first-order valence-electron chi connectivity index (χ1n) is 6.77. The minimum Gasteiger partial charge on any atom is -0.489 e. The molecular weight excluding hydrogens is 297 g/mol. The number of benzene rings is 1. The number of ether oxygens (including phenoxy) is 2. The van der Waals surface area contributed by atoms with E-state index in [9.17, 15) is 0 Å². The Kier molecular flexibility index (Phi) is 7.10. The van der Waals surface area contributed by atoms with Crippen LogP contribution in [0.4, 0.5) is 0 Å². The van der Waals surface area contributed by atoms with E-state index >= 15 is 0 Å². The third-order valence-corrected chi connectivity index (χ3v) is 3.07. The van der Waals surface area contributed by atoms with Crippen LogP contribution in [-0.2, 0) is 11.3 Å². The van der Waals surface area contributed by atoms with Crippen LogP contribution in [0.1, 0.15) is 33.3 Å². The first kappa shape index (κ1) is 17.6. The molecule has 0 unspecified atom stereocenters. The third-order valence-electron chi connectivity index (χ3n) is 2.57. The molecule has 0 spiro atoms. The van der Waals surface area contributed by atoms with Crippen molar-refractivity contribution in [3.63, 3.8) is 0 Å². The minimum atomic E-state index is 0.0113. The molecule has 0 aliphatic heterocycles. The molecule has 20 heavy (non-hydrogen) atoms. The molecule has 0 aliphatic carbocycles. The number of nitrogens with one attached hydrogen (secondary N) is 1. The van der Waals surface area contributed by atoms with Gasteiger partial charge in [-0.3, -0.25) is 0 Å². The van der Waals surface area contributed by atoms with Crippen molar-refractivity contribution in [2.75, 3.05) is 19.8 Å². The molecule has 0 amide bonds. The zero-order valence-corrected chi connectivity index (χ0v) is 14.1. The molecule has 0 fully saturated rings. The SMILES string of the molecule is CCOCCOc1c(Cl)cc(Cl)cc1CNC(C)(C)C. The van der Waals surface area contributed by atoms with Gasteiger partial charge in [0.1, 0.15) is 12.4 Å². The van der Waals surface area contributed by atoms with Gasteiger partial charge in [-0.15, -0.1) is 0 Å². The van der Waals surface area contributed by atoms with Gasteiger partial charge in [-0.2, -0.15) is 0 Å². The van der Waals surface area contributed by atoms with E-state index < -0.39 is 0 Å². The molecule has 1 aromatic carbocycles. The Morgan fingerprint density at radius 2 is 1.85 bits per heavy atom. The Morgan fingerprint density at radius 3 is 2.45 bits per heavy atom. The van der Waals surface area contributed by atoms with Crippen molar-refractivity contribution >= 4 is 23.2 Å². The Morgan fingerprint density at radius 1 is 1.15 bits per heavy atom. The predicted molar refractivity (Wildman–Crippen MR) is 85.0 cm³/mol. The zero-order valence-electron chi connectivity index (χ0n) is 12.6. The molecule has 0 saturated heterocycles. The van der Waals surface area contributed by atoms with Crippen molar-refractivity contribution in [2.45, 2.75) is 39.8 Å². The van der Waals surface area contributed by atoms with Gasteiger partial charge in [0.2, 0.25) is 0 Å². The summed E-state index contributed by atoms with van der Waals surface area (Å²) in [7, 11) is 0. The number of halogens is 2. The summed E-state index contributed by atoms with van der Waals surface area (Å²) in [6.45, 7) is 10.6. The van der Waals surface area contributed by atoms with E-state index in [1.807, 2.05) is 13.0 Å². The highest BCUT2D eigenvalue weighted by atomic mass is 35.5. The molecule has 1 aromatic rings. The van der Waals surface area contributed by atoms with Crippen LogP contribution in [0.2, 0.25) is 10.0 Å². The second-order valence-corrected chi connectivity index (χ2v) is 6.37. The van der Waals surface area contributed by atoms with E-state index in [4.69, 9.17) is 32.7 Å². The van der Waals surface area contributed by atoms with E-state index in [1.165, 1.54) is 0 Å². The molecule has 0 bridgehead atoms. The van der Waals surface area contributed by atoms with Crippen LogP contribution in [0.3, 0.4) is 0 Å². The van der Waals surface area contributed by atoms with Gasteiger partial charge in [0, 0.05) is 29.3 Å². The fraction of sp³-hybridized carbons (Fsp3) is 0.600. The van der Waals surface area contributed by atoms with Gasteiger partial charge in [-0.1, -0.05) is 23.2 Å². The van der Waals surface area contributed by atoms with Crippen molar-refractivity contribution in [1.82, 2.24) is 5.32 Å². The number of hydrogen-bond acceptors (Lipinski definition) is 3. The smallest absolute Gasteiger partial charge is 0.142 e. The highest BCUT2D eigenvalue weighted by Gasteiger charge is 2.14. The average molecular weight is 320 g/mol. The lowest BCUT2D eigenvalue weighted by Crippen LogP contribution is -2.35. The van der Waals surface area contributed by atoms with Gasteiger partial charge in [0.15, 0.2) is 0 Å². The molecule has 0 aromatic heterocycles. The fourth-order valence-corrected chi connectivity index (χ4v) is 2.20. The van der Waals surface area contributed by atoms with Crippen molar-refractivity contribution in [3.05, 3.63) is 27.7 Å². The molecule has 0 radical (unpaired) electrons. The molecule has 1 N–H and O–H groups in total. The average Bonchev–Trinajstić information content (AvgIpc) is 2.33.